The molecule has 132 valence electrons. The molecule has 2 aromatic rings. The number of aromatic carboxylic acids is 1. The van der Waals surface area contributed by atoms with Crippen LogP contribution in [0.2, 0.25) is 0 Å². The van der Waals surface area contributed by atoms with Gasteiger partial charge in [-0.1, -0.05) is 12.1 Å². The second-order valence-corrected chi connectivity index (χ2v) is 6.16. The van der Waals surface area contributed by atoms with Crippen LogP contribution in [0, 0.1) is 0 Å². The van der Waals surface area contributed by atoms with E-state index < -0.39 is 5.97 Å². The van der Waals surface area contributed by atoms with Gasteiger partial charge in [0, 0.05) is 13.7 Å². The Balaban J connectivity index is 1.72. The third-order valence-corrected chi connectivity index (χ3v) is 4.40. The van der Waals surface area contributed by atoms with Crippen molar-refractivity contribution in [2.75, 3.05) is 13.7 Å². The highest BCUT2D eigenvalue weighted by Gasteiger charge is 2.32. The van der Waals surface area contributed by atoms with E-state index in [9.17, 15) is 9.59 Å². The maximum absolute atomic E-state index is 12.7. The highest BCUT2D eigenvalue weighted by Crippen LogP contribution is 2.33. The summed E-state index contributed by atoms with van der Waals surface area (Å²) in [6, 6.07) is 10.2. The van der Waals surface area contributed by atoms with Crippen LogP contribution in [0.5, 0.6) is 0 Å². The molecule has 1 fully saturated rings. The first-order valence-corrected chi connectivity index (χ1v) is 8.27. The van der Waals surface area contributed by atoms with E-state index in [1.54, 1.807) is 25.3 Å². The number of ether oxygens (including phenoxy) is 1. The number of likely N-dealkylation sites (tertiary alicyclic amines) is 1. The van der Waals surface area contributed by atoms with Gasteiger partial charge in [-0.3, -0.25) is 4.79 Å². The Hall–Kier alpha value is -2.60. The van der Waals surface area contributed by atoms with Gasteiger partial charge < -0.3 is 19.2 Å². The number of nitrogens with zero attached hydrogens (tertiary/aromatic N) is 1. The van der Waals surface area contributed by atoms with Crippen molar-refractivity contribution < 1.29 is 23.8 Å². The van der Waals surface area contributed by atoms with E-state index in [0.717, 1.165) is 24.4 Å². The maximum Gasteiger partial charge on any atom is 0.335 e. The molecule has 0 radical (unpaired) electrons. The molecule has 1 aliphatic heterocycles. The van der Waals surface area contributed by atoms with Crippen LogP contribution in [0.3, 0.4) is 0 Å². The van der Waals surface area contributed by atoms with Gasteiger partial charge in [0.1, 0.15) is 18.1 Å². The first kappa shape index (κ1) is 17.2. The van der Waals surface area contributed by atoms with Crippen LogP contribution in [0.4, 0.5) is 0 Å². The average Bonchev–Trinajstić information content (AvgIpc) is 3.24. The van der Waals surface area contributed by atoms with E-state index in [0.29, 0.717) is 18.7 Å². The van der Waals surface area contributed by atoms with Crippen LogP contribution in [-0.2, 0) is 22.6 Å². The number of carbonyl (C=O) groups is 2. The Morgan fingerprint density at radius 3 is 2.92 bits per heavy atom. The minimum Gasteiger partial charge on any atom is -0.478 e. The SMILES string of the molecule is COCc1ccc([C@@H]2CCCN2C(=O)Cc2cccc(C(=O)O)c2)o1. The molecule has 0 saturated carbocycles. The summed E-state index contributed by atoms with van der Waals surface area (Å²) >= 11 is 0. The molecule has 6 heteroatoms. The molecule has 6 nitrogen and oxygen atoms in total. The van der Waals surface area contributed by atoms with Crippen molar-refractivity contribution >= 4 is 11.9 Å². The molecule has 1 aromatic heterocycles. The molecule has 1 saturated heterocycles. The molecule has 0 aliphatic carbocycles. The summed E-state index contributed by atoms with van der Waals surface area (Å²) in [5, 5.41) is 9.07. The zero-order chi connectivity index (χ0) is 17.8. The molecule has 25 heavy (non-hydrogen) atoms. The summed E-state index contributed by atoms with van der Waals surface area (Å²) in [6.45, 7) is 1.09. The summed E-state index contributed by atoms with van der Waals surface area (Å²) in [7, 11) is 1.61. The smallest absolute Gasteiger partial charge is 0.335 e. The number of benzene rings is 1. The molecule has 0 spiro atoms. The number of carboxylic acids is 1. The predicted molar refractivity (Wildman–Crippen MR) is 90.2 cm³/mol. The van der Waals surface area contributed by atoms with Gasteiger partial charge in [-0.05, 0) is 42.7 Å². The quantitative estimate of drug-likeness (QED) is 0.872. The Morgan fingerprint density at radius 1 is 1.32 bits per heavy atom. The third kappa shape index (κ3) is 3.91. The van der Waals surface area contributed by atoms with Crippen LogP contribution in [0.15, 0.2) is 40.8 Å². The molecule has 1 atom stereocenters. The van der Waals surface area contributed by atoms with Crippen LogP contribution in [-0.4, -0.2) is 35.5 Å². The van der Waals surface area contributed by atoms with E-state index in [-0.39, 0.29) is 23.9 Å². The van der Waals surface area contributed by atoms with Crippen LogP contribution in [0.1, 0.15) is 46.3 Å². The van der Waals surface area contributed by atoms with E-state index in [2.05, 4.69) is 0 Å². The predicted octanol–water partition coefficient (Wildman–Crippen LogP) is 3.03. The monoisotopic (exact) mass is 343 g/mol. The normalized spacial score (nSPS) is 17.0. The van der Waals surface area contributed by atoms with E-state index >= 15 is 0 Å². The van der Waals surface area contributed by atoms with Crippen molar-refractivity contribution in [2.24, 2.45) is 0 Å². The average molecular weight is 343 g/mol. The Bertz CT molecular complexity index is 767. The fourth-order valence-corrected chi connectivity index (χ4v) is 3.24. The summed E-state index contributed by atoms with van der Waals surface area (Å²) < 4.78 is 10.9. The highest BCUT2D eigenvalue weighted by molar-refractivity contribution is 5.88. The maximum atomic E-state index is 12.7. The molecule has 1 aromatic carbocycles. The molecule has 1 N–H and O–H groups in total. The van der Waals surface area contributed by atoms with Crippen LogP contribution in [0.25, 0.3) is 0 Å². The third-order valence-electron chi connectivity index (χ3n) is 4.40. The number of furan rings is 1. The minimum atomic E-state index is -0.991. The Morgan fingerprint density at radius 2 is 2.16 bits per heavy atom. The van der Waals surface area contributed by atoms with Gasteiger partial charge >= 0.3 is 5.97 Å². The van der Waals surface area contributed by atoms with Gasteiger partial charge in [0.2, 0.25) is 5.91 Å². The number of hydrogen-bond acceptors (Lipinski definition) is 4. The van der Waals surface area contributed by atoms with Crippen molar-refractivity contribution in [3.05, 3.63) is 59.0 Å². The molecule has 1 aliphatic rings. The van der Waals surface area contributed by atoms with E-state index in [1.807, 2.05) is 17.0 Å². The molecular weight excluding hydrogens is 322 g/mol. The second kappa shape index (κ2) is 7.53. The number of carbonyl (C=O) groups excluding carboxylic acids is 1. The standard InChI is InChI=1S/C19H21NO5/c1-24-12-15-7-8-17(25-15)16-6-3-9-20(16)18(21)11-13-4-2-5-14(10-13)19(22)23/h2,4-5,7-8,10,16H,3,6,9,11-12H2,1H3,(H,22,23)/t16-/m0/s1. The lowest BCUT2D eigenvalue weighted by Gasteiger charge is -2.23. The Labute approximate surface area is 146 Å². The van der Waals surface area contributed by atoms with Crippen molar-refractivity contribution in [1.29, 1.82) is 0 Å². The number of hydrogen-bond donors (Lipinski definition) is 1. The zero-order valence-corrected chi connectivity index (χ0v) is 14.1. The topological polar surface area (TPSA) is 80.0 Å². The molecule has 3 rings (SSSR count). The summed E-state index contributed by atoms with van der Waals surface area (Å²) in [4.78, 5) is 25.6. The van der Waals surface area contributed by atoms with Gasteiger partial charge in [-0.15, -0.1) is 0 Å². The van der Waals surface area contributed by atoms with Crippen molar-refractivity contribution in [3.63, 3.8) is 0 Å². The number of methoxy groups -OCH3 is 1. The number of rotatable bonds is 6. The fraction of sp³-hybridized carbons (Fsp3) is 0.368. The summed E-state index contributed by atoms with van der Waals surface area (Å²) in [6.07, 6.45) is 1.97. The number of amides is 1. The van der Waals surface area contributed by atoms with Crippen LogP contribution < -0.4 is 0 Å². The highest BCUT2D eigenvalue weighted by atomic mass is 16.5. The number of carboxylic acid groups (broad SMARTS) is 1. The first-order valence-electron chi connectivity index (χ1n) is 8.27. The largest absolute Gasteiger partial charge is 0.478 e. The van der Waals surface area contributed by atoms with Gasteiger partial charge in [-0.25, -0.2) is 4.79 Å². The molecule has 0 bridgehead atoms. The van der Waals surface area contributed by atoms with Gasteiger partial charge in [0.25, 0.3) is 0 Å². The van der Waals surface area contributed by atoms with Crippen molar-refractivity contribution in [2.45, 2.75) is 31.9 Å². The summed E-state index contributed by atoms with van der Waals surface area (Å²) in [5.74, 6) is 0.507. The molecule has 1 amide bonds. The first-order chi connectivity index (χ1) is 12.1. The van der Waals surface area contributed by atoms with E-state index in [4.69, 9.17) is 14.3 Å². The zero-order valence-electron chi connectivity index (χ0n) is 14.1. The van der Waals surface area contributed by atoms with E-state index in [1.165, 1.54) is 6.07 Å². The Kier molecular flexibility index (Phi) is 5.19. The van der Waals surface area contributed by atoms with Gasteiger partial charge in [0.15, 0.2) is 0 Å². The fourth-order valence-electron chi connectivity index (χ4n) is 3.24. The molecular formula is C19H21NO5. The van der Waals surface area contributed by atoms with Gasteiger partial charge in [-0.2, -0.15) is 0 Å². The lowest BCUT2D eigenvalue weighted by atomic mass is 10.1. The summed E-state index contributed by atoms with van der Waals surface area (Å²) in [5.41, 5.74) is 0.897. The molecule has 2 heterocycles. The minimum absolute atomic E-state index is 0.0188. The van der Waals surface area contributed by atoms with Crippen molar-refractivity contribution in [3.8, 4) is 0 Å². The lowest BCUT2D eigenvalue weighted by Crippen LogP contribution is -2.31. The lowest BCUT2D eigenvalue weighted by molar-refractivity contribution is -0.131. The van der Waals surface area contributed by atoms with Crippen LogP contribution >= 0.6 is 0 Å². The van der Waals surface area contributed by atoms with Crippen molar-refractivity contribution in [1.82, 2.24) is 4.90 Å². The molecule has 0 unspecified atom stereocenters. The second-order valence-electron chi connectivity index (χ2n) is 6.16. The van der Waals surface area contributed by atoms with Gasteiger partial charge in [0.05, 0.1) is 18.0 Å².